The molecule has 148 valence electrons. The van der Waals surface area contributed by atoms with Crippen LogP contribution >= 0.6 is 22.9 Å². The molecule has 4 unspecified atom stereocenters. The Morgan fingerprint density at radius 2 is 1.96 bits per heavy atom. The molecule has 1 aliphatic rings. The second-order valence-corrected chi connectivity index (χ2v) is 8.10. The van der Waals surface area contributed by atoms with Crippen LogP contribution in [-0.2, 0) is 0 Å². The van der Waals surface area contributed by atoms with E-state index in [1.165, 1.54) is 11.3 Å². The predicted molar refractivity (Wildman–Crippen MR) is 110 cm³/mol. The molecule has 8 nitrogen and oxygen atoms in total. The van der Waals surface area contributed by atoms with Crippen LogP contribution in [0, 0.1) is 5.92 Å². The molecule has 0 aliphatic heterocycles. The summed E-state index contributed by atoms with van der Waals surface area (Å²) < 4.78 is 1.01. The molecular formula is C18H20ClN5O3S. The number of thiazole rings is 1. The van der Waals surface area contributed by atoms with E-state index in [0.29, 0.717) is 28.8 Å². The van der Waals surface area contributed by atoms with Gasteiger partial charge in [-0.25, -0.2) is 9.97 Å². The molecule has 0 spiro atoms. The average Bonchev–Trinajstić information content (AvgIpc) is 3.23. The summed E-state index contributed by atoms with van der Waals surface area (Å²) in [5.41, 5.74) is 1.38. The third-order valence-electron chi connectivity index (χ3n) is 4.95. The van der Waals surface area contributed by atoms with E-state index in [9.17, 15) is 15.3 Å². The number of halogens is 1. The molecule has 28 heavy (non-hydrogen) atoms. The minimum Gasteiger partial charge on any atom is -0.396 e. The molecule has 0 saturated heterocycles. The molecular weight excluding hydrogens is 402 g/mol. The van der Waals surface area contributed by atoms with E-state index in [0.717, 1.165) is 10.2 Å². The zero-order chi connectivity index (χ0) is 19.8. The maximum absolute atomic E-state index is 10.4. The number of anilines is 2. The fraction of sp³-hybridized carbons (Fsp3) is 0.389. The maximum atomic E-state index is 10.4. The number of fused-ring (bicyclic) bond motifs is 1. The fourth-order valence-electron chi connectivity index (χ4n) is 3.44. The number of benzene rings is 1. The van der Waals surface area contributed by atoms with Crippen molar-refractivity contribution in [3.63, 3.8) is 0 Å². The number of aliphatic hydroxyl groups excluding tert-OH is 3. The van der Waals surface area contributed by atoms with Crippen molar-refractivity contribution in [2.45, 2.75) is 24.7 Å². The Kier molecular flexibility index (Phi) is 5.35. The van der Waals surface area contributed by atoms with Gasteiger partial charge in [0.05, 0.1) is 27.9 Å². The molecule has 1 aromatic carbocycles. The first kappa shape index (κ1) is 19.3. The van der Waals surface area contributed by atoms with Crippen LogP contribution in [0.2, 0.25) is 5.15 Å². The zero-order valence-corrected chi connectivity index (χ0v) is 16.6. The van der Waals surface area contributed by atoms with Crippen LogP contribution in [0.15, 0.2) is 24.3 Å². The number of nitrogens with zero attached hydrogens (tertiary/aromatic N) is 3. The largest absolute Gasteiger partial charge is 0.396 e. The van der Waals surface area contributed by atoms with Crippen LogP contribution in [0.1, 0.15) is 6.42 Å². The topological polar surface area (TPSA) is 123 Å². The van der Waals surface area contributed by atoms with Crippen molar-refractivity contribution in [3.05, 3.63) is 29.4 Å². The lowest BCUT2D eigenvalue weighted by Crippen LogP contribution is -2.35. The van der Waals surface area contributed by atoms with Crippen molar-refractivity contribution in [2.24, 2.45) is 5.92 Å². The number of hydrogen-bond acceptors (Lipinski definition) is 9. The van der Waals surface area contributed by atoms with Gasteiger partial charge in [0.15, 0.2) is 0 Å². The number of rotatable bonds is 5. The van der Waals surface area contributed by atoms with Gasteiger partial charge in [0, 0.05) is 19.6 Å². The zero-order valence-electron chi connectivity index (χ0n) is 15.0. The molecule has 0 radical (unpaired) electrons. The van der Waals surface area contributed by atoms with Gasteiger partial charge in [-0.05, 0) is 18.6 Å². The van der Waals surface area contributed by atoms with Crippen molar-refractivity contribution >= 4 is 44.9 Å². The molecule has 1 aliphatic carbocycles. The SMILES string of the molecule is CNc1nc(Cl)c(-c2nc3ccccc3s2)c(NC2CC(CO)C(O)C2O)n1. The number of para-hydroxylation sites is 1. The van der Waals surface area contributed by atoms with Crippen LogP contribution in [0.4, 0.5) is 11.8 Å². The monoisotopic (exact) mass is 421 g/mol. The third-order valence-corrected chi connectivity index (χ3v) is 6.28. The van der Waals surface area contributed by atoms with Gasteiger partial charge in [-0.2, -0.15) is 4.98 Å². The summed E-state index contributed by atoms with van der Waals surface area (Å²) in [5, 5.41) is 36.8. The van der Waals surface area contributed by atoms with Gasteiger partial charge in [-0.3, -0.25) is 0 Å². The van der Waals surface area contributed by atoms with Crippen molar-refractivity contribution < 1.29 is 15.3 Å². The minimum atomic E-state index is -1.04. The van der Waals surface area contributed by atoms with E-state index in [1.54, 1.807) is 7.05 Å². The smallest absolute Gasteiger partial charge is 0.225 e. The van der Waals surface area contributed by atoms with Gasteiger partial charge in [-0.1, -0.05) is 23.7 Å². The lowest BCUT2D eigenvalue weighted by Gasteiger charge is -2.20. The summed E-state index contributed by atoms with van der Waals surface area (Å²) in [6.07, 6.45) is -1.64. The summed E-state index contributed by atoms with van der Waals surface area (Å²) in [6, 6.07) is 7.26. The Morgan fingerprint density at radius 3 is 2.64 bits per heavy atom. The second kappa shape index (κ2) is 7.76. The highest BCUT2D eigenvalue weighted by molar-refractivity contribution is 7.21. The molecule has 0 amide bonds. The summed E-state index contributed by atoms with van der Waals surface area (Å²) in [6.45, 7) is -0.201. The molecule has 2 aromatic heterocycles. The lowest BCUT2D eigenvalue weighted by atomic mass is 10.1. The Labute approximate surface area is 170 Å². The van der Waals surface area contributed by atoms with E-state index in [4.69, 9.17) is 11.6 Å². The molecule has 5 N–H and O–H groups in total. The first-order valence-electron chi connectivity index (χ1n) is 8.86. The highest BCUT2D eigenvalue weighted by Gasteiger charge is 2.41. The quantitative estimate of drug-likeness (QED) is 0.396. The standard InChI is InChI=1S/C18H20ClN5O3S/c1-20-18-23-15(19)12(17-22-9-4-2-3-5-11(9)28-17)16(24-18)21-10-6-8(7-25)13(26)14(10)27/h2-5,8,10,13-14,25-27H,6-7H2,1H3,(H2,20,21,23,24). The van der Waals surface area contributed by atoms with Gasteiger partial charge >= 0.3 is 0 Å². The van der Waals surface area contributed by atoms with E-state index >= 15 is 0 Å². The summed E-state index contributed by atoms with van der Waals surface area (Å²) in [4.78, 5) is 13.4. The van der Waals surface area contributed by atoms with Gasteiger partial charge in [0.1, 0.15) is 22.1 Å². The molecule has 3 aromatic rings. The summed E-state index contributed by atoms with van der Waals surface area (Å²) >= 11 is 7.93. The predicted octanol–water partition coefficient (Wildman–Crippen LogP) is 1.96. The number of hydrogen-bond donors (Lipinski definition) is 5. The van der Waals surface area contributed by atoms with Crippen molar-refractivity contribution in [1.82, 2.24) is 15.0 Å². The Balaban J connectivity index is 1.76. The van der Waals surface area contributed by atoms with Crippen molar-refractivity contribution in [2.75, 3.05) is 24.3 Å². The first-order valence-corrected chi connectivity index (χ1v) is 10.1. The highest BCUT2D eigenvalue weighted by atomic mass is 35.5. The molecule has 10 heteroatoms. The second-order valence-electron chi connectivity index (χ2n) is 6.71. The van der Waals surface area contributed by atoms with E-state index in [1.807, 2.05) is 24.3 Å². The Hall–Kier alpha value is -2.04. The van der Waals surface area contributed by atoms with Crippen LogP contribution in [0.25, 0.3) is 20.8 Å². The van der Waals surface area contributed by atoms with Gasteiger partial charge in [0.2, 0.25) is 5.95 Å². The number of aliphatic hydroxyl groups is 3. The minimum absolute atomic E-state index is 0.201. The fourth-order valence-corrected chi connectivity index (χ4v) is 4.77. The average molecular weight is 422 g/mol. The van der Waals surface area contributed by atoms with Crippen LogP contribution < -0.4 is 10.6 Å². The summed E-state index contributed by atoms with van der Waals surface area (Å²) in [7, 11) is 1.68. The lowest BCUT2D eigenvalue weighted by molar-refractivity contribution is 0.00446. The first-order chi connectivity index (χ1) is 13.5. The van der Waals surface area contributed by atoms with Gasteiger partial charge in [0.25, 0.3) is 0 Å². The van der Waals surface area contributed by atoms with Crippen LogP contribution in [0.5, 0.6) is 0 Å². The molecule has 1 saturated carbocycles. The molecule has 1 fully saturated rings. The molecule has 0 bridgehead atoms. The van der Waals surface area contributed by atoms with E-state index in [2.05, 4.69) is 25.6 Å². The van der Waals surface area contributed by atoms with E-state index < -0.39 is 24.2 Å². The van der Waals surface area contributed by atoms with Gasteiger partial charge < -0.3 is 26.0 Å². The third kappa shape index (κ3) is 3.40. The van der Waals surface area contributed by atoms with Crippen LogP contribution in [0.3, 0.4) is 0 Å². The van der Waals surface area contributed by atoms with Gasteiger partial charge in [-0.15, -0.1) is 11.3 Å². The Bertz CT molecular complexity index is 968. The van der Waals surface area contributed by atoms with Crippen molar-refractivity contribution in [3.8, 4) is 10.6 Å². The normalized spacial score (nSPS) is 24.6. The van der Waals surface area contributed by atoms with E-state index in [-0.39, 0.29) is 11.8 Å². The molecule has 4 rings (SSSR count). The molecule has 4 atom stereocenters. The maximum Gasteiger partial charge on any atom is 0.225 e. The van der Waals surface area contributed by atoms with Crippen molar-refractivity contribution in [1.29, 1.82) is 0 Å². The molecule has 2 heterocycles. The number of nitrogens with one attached hydrogen (secondary N) is 2. The summed E-state index contributed by atoms with van der Waals surface area (Å²) in [5.74, 6) is 0.335. The van der Waals surface area contributed by atoms with Crippen LogP contribution in [-0.4, -0.2) is 62.2 Å². The highest BCUT2D eigenvalue weighted by Crippen LogP contribution is 2.39. The Morgan fingerprint density at radius 1 is 1.18 bits per heavy atom. The number of aromatic nitrogens is 3.